The molecule has 0 radical (unpaired) electrons. The highest BCUT2D eigenvalue weighted by molar-refractivity contribution is 6.06. The molecule has 5 aromatic rings. The first-order valence-electron chi connectivity index (χ1n) is 11.9. The lowest BCUT2D eigenvalue weighted by Gasteiger charge is -2.18. The second kappa shape index (κ2) is 9.97. The molecule has 40 heavy (non-hydrogen) atoms. The van der Waals surface area contributed by atoms with E-state index < -0.39 is 29.9 Å². The van der Waals surface area contributed by atoms with E-state index in [2.05, 4.69) is 10.3 Å². The number of aliphatic hydroxyl groups is 1. The number of benzene rings is 3. The first-order valence-corrected chi connectivity index (χ1v) is 11.9. The third kappa shape index (κ3) is 4.92. The number of alkyl halides is 3. The molecule has 0 aliphatic rings. The van der Waals surface area contributed by atoms with Crippen molar-refractivity contribution in [2.45, 2.75) is 19.2 Å². The van der Waals surface area contributed by atoms with Gasteiger partial charge in [0.1, 0.15) is 6.10 Å². The molecular weight excluding hydrogens is 529 g/mol. The molecule has 0 saturated carbocycles. The summed E-state index contributed by atoms with van der Waals surface area (Å²) in [6.07, 6.45) is -6.39. The number of carboxylic acid groups (broad SMARTS) is 1. The third-order valence-electron chi connectivity index (χ3n) is 6.45. The second-order valence-corrected chi connectivity index (χ2v) is 9.06. The van der Waals surface area contributed by atoms with Crippen molar-refractivity contribution in [2.75, 3.05) is 11.9 Å². The van der Waals surface area contributed by atoms with Gasteiger partial charge in [0.2, 0.25) is 0 Å². The number of aryl methyl sites for hydroxylation is 1. The zero-order valence-electron chi connectivity index (χ0n) is 21.0. The molecule has 204 valence electrons. The largest absolute Gasteiger partial charge is 0.478 e. The molecular formula is C28H21F3N4O5. The van der Waals surface area contributed by atoms with E-state index in [1.807, 2.05) is 0 Å². The average molecular weight is 550 g/mol. The predicted molar refractivity (Wildman–Crippen MR) is 138 cm³/mol. The molecule has 2 N–H and O–H groups in total. The summed E-state index contributed by atoms with van der Waals surface area (Å²) in [6, 6.07) is 16.8. The number of fused-ring (bicyclic) bond motifs is 1. The lowest BCUT2D eigenvalue weighted by Crippen LogP contribution is -2.26. The Morgan fingerprint density at radius 3 is 2.40 bits per heavy atom. The summed E-state index contributed by atoms with van der Waals surface area (Å²) < 4.78 is 47.1. The van der Waals surface area contributed by atoms with Crippen LogP contribution in [0.2, 0.25) is 0 Å². The monoisotopic (exact) mass is 550 g/mol. The van der Waals surface area contributed by atoms with E-state index in [-0.39, 0.29) is 28.1 Å². The number of hydrogen-bond donors (Lipinski definition) is 2. The summed E-state index contributed by atoms with van der Waals surface area (Å²) in [5.74, 6) is -1.64. The molecule has 0 saturated heterocycles. The SMILES string of the molecule is Cc1noc2cc(N(C)C(=O)c3cccc(-n4nc(C(F)(F)F)cc4C(O)c4ccc(C(=O)O)cc4)c3)ccc12. The lowest BCUT2D eigenvalue weighted by molar-refractivity contribution is -0.141. The van der Waals surface area contributed by atoms with E-state index in [9.17, 15) is 27.9 Å². The molecule has 9 nitrogen and oxygen atoms in total. The molecule has 2 heterocycles. The Morgan fingerprint density at radius 1 is 1.00 bits per heavy atom. The topological polar surface area (TPSA) is 122 Å². The van der Waals surface area contributed by atoms with Crippen LogP contribution in [0.5, 0.6) is 0 Å². The number of aromatic nitrogens is 3. The number of aliphatic hydroxyl groups excluding tert-OH is 1. The summed E-state index contributed by atoms with van der Waals surface area (Å²) in [5.41, 5.74) is 0.618. The van der Waals surface area contributed by atoms with Gasteiger partial charge < -0.3 is 19.6 Å². The smallest absolute Gasteiger partial charge is 0.435 e. The van der Waals surface area contributed by atoms with Crippen molar-refractivity contribution >= 4 is 28.5 Å². The predicted octanol–water partition coefficient (Wildman–Crippen LogP) is 5.40. The normalized spacial score (nSPS) is 12.4. The van der Waals surface area contributed by atoms with Crippen molar-refractivity contribution in [3.63, 3.8) is 0 Å². The highest BCUT2D eigenvalue weighted by atomic mass is 19.4. The van der Waals surface area contributed by atoms with Crippen LogP contribution in [0.3, 0.4) is 0 Å². The van der Waals surface area contributed by atoms with Crippen molar-refractivity contribution in [1.29, 1.82) is 0 Å². The summed E-state index contributed by atoms with van der Waals surface area (Å²) in [4.78, 5) is 25.8. The highest BCUT2D eigenvalue weighted by Crippen LogP contribution is 2.33. The molecule has 12 heteroatoms. The van der Waals surface area contributed by atoms with E-state index in [1.165, 1.54) is 53.4 Å². The van der Waals surface area contributed by atoms with Crippen LogP contribution in [-0.2, 0) is 6.18 Å². The fourth-order valence-corrected chi connectivity index (χ4v) is 4.26. The van der Waals surface area contributed by atoms with Crippen LogP contribution in [-0.4, -0.2) is 44.1 Å². The van der Waals surface area contributed by atoms with Crippen LogP contribution in [0.25, 0.3) is 16.7 Å². The number of nitrogens with zero attached hydrogens (tertiary/aromatic N) is 4. The van der Waals surface area contributed by atoms with Crippen LogP contribution in [0, 0.1) is 6.92 Å². The van der Waals surface area contributed by atoms with E-state index >= 15 is 0 Å². The van der Waals surface area contributed by atoms with Crippen molar-refractivity contribution in [2.24, 2.45) is 0 Å². The van der Waals surface area contributed by atoms with E-state index in [1.54, 1.807) is 32.2 Å². The first kappa shape index (κ1) is 26.6. The zero-order valence-corrected chi connectivity index (χ0v) is 21.0. The molecule has 1 unspecified atom stereocenters. The van der Waals surface area contributed by atoms with Gasteiger partial charge in [0, 0.05) is 29.8 Å². The van der Waals surface area contributed by atoms with E-state index in [0.717, 1.165) is 10.1 Å². The van der Waals surface area contributed by atoms with Gasteiger partial charge in [-0.2, -0.15) is 18.3 Å². The number of carbonyl (C=O) groups is 2. The minimum atomic E-state index is -4.81. The van der Waals surface area contributed by atoms with E-state index in [4.69, 9.17) is 9.63 Å². The van der Waals surface area contributed by atoms with Gasteiger partial charge in [-0.1, -0.05) is 23.4 Å². The number of carbonyl (C=O) groups excluding carboxylic acids is 1. The van der Waals surface area contributed by atoms with Crippen molar-refractivity contribution in [3.05, 3.63) is 107 Å². The number of amides is 1. The van der Waals surface area contributed by atoms with Crippen molar-refractivity contribution < 1.29 is 37.5 Å². The van der Waals surface area contributed by atoms with Crippen LogP contribution >= 0.6 is 0 Å². The summed E-state index contributed by atoms with van der Waals surface area (Å²) in [5, 5.41) is 28.5. The van der Waals surface area contributed by atoms with Gasteiger partial charge in [-0.25, -0.2) is 9.48 Å². The average Bonchev–Trinajstić information content (AvgIpc) is 3.56. The number of halogens is 3. The maximum Gasteiger partial charge on any atom is 0.435 e. The van der Waals surface area contributed by atoms with Gasteiger partial charge in [-0.15, -0.1) is 0 Å². The van der Waals surface area contributed by atoms with Crippen LogP contribution < -0.4 is 4.90 Å². The lowest BCUT2D eigenvalue weighted by atomic mass is 10.0. The fraction of sp³-hybridized carbons (Fsp3) is 0.143. The van der Waals surface area contributed by atoms with Gasteiger partial charge in [0.05, 0.1) is 22.6 Å². The number of anilines is 1. The van der Waals surface area contributed by atoms with Gasteiger partial charge in [0.15, 0.2) is 11.3 Å². The standard InChI is InChI=1S/C28H21F3N4O5/c1-15-21-11-10-19(13-23(21)40-33-15)34(2)26(37)18-4-3-5-20(12-18)35-22(14-24(32-35)28(29,30)31)25(36)16-6-8-17(9-7-16)27(38)39/h3-14,25,36H,1-2H3,(H,38,39). The summed E-state index contributed by atoms with van der Waals surface area (Å²) in [6.45, 7) is 1.79. The van der Waals surface area contributed by atoms with E-state index in [0.29, 0.717) is 23.0 Å². The summed E-state index contributed by atoms with van der Waals surface area (Å²) >= 11 is 0. The molecule has 0 aliphatic carbocycles. The zero-order chi connectivity index (χ0) is 28.8. The minimum Gasteiger partial charge on any atom is -0.478 e. The number of carboxylic acids is 1. The van der Waals surface area contributed by atoms with Crippen LogP contribution in [0.1, 0.15) is 49.5 Å². The maximum absolute atomic E-state index is 13.6. The first-order chi connectivity index (χ1) is 18.9. The Balaban J connectivity index is 1.51. The molecule has 5 rings (SSSR count). The minimum absolute atomic E-state index is 0.0478. The summed E-state index contributed by atoms with van der Waals surface area (Å²) in [7, 11) is 1.55. The molecule has 0 aliphatic heterocycles. The fourth-order valence-electron chi connectivity index (χ4n) is 4.26. The Bertz CT molecular complexity index is 1740. The van der Waals surface area contributed by atoms with Gasteiger partial charge in [-0.3, -0.25) is 4.79 Å². The Labute approximate surface area is 224 Å². The third-order valence-corrected chi connectivity index (χ3v) is 6.45. The van der Waals surface area contributed by atoms with Crippen LogP contribution in [0.4, 0.5) is 18.9 Å². The van der Waals surface area contributed by atoms with Gasteiger partial charge >= 0.3 is 12.1 Å². The highest BCUT2D eigenvalue weighted by Gasteiger charge is 2.36. The number of aromatic carboxylic acids is 1. The molecule has 0 spiro atoms. The molecule has 0 bridgehead atoms. The van der Waals surface area contributed by atoms with Crippen LogP contribution in [0.15, 0.2) is 77.3 Å². The van der Waals surface area contributed by atoms with Crippen molar-refractivity contribution in [1.82, 2.24) is 14.9 Å². The Hall–Kier alpha value is -4.97. The quantitative estimate of drug-likeness (QED) is 0.290. The molecule has 1 atom stereocenters. The Kier molecular flexibility index (Phi) is 6.64. The molecule has 1 amide bonds. The molecule has 2 aromatic heterocycles. The number of rotatable bonds is 6. The number of hydrogen-bond acceptors (Lipinski definition) is 6. The maximum atomic E-state index is 13.6. The van der Waals surface area contributed by atoms with Gasteiger partial charge in [0.25, 0.3) is 5.91 Å². The Morgan fingerprint density at radius 2 is 1.73 bits per heavy atom. The van der Waals surface area contributed by atoms with Gasteiger partial charge in [-0.05, 0) is 61.0 Å². The second-order valence-electron chi connectivity index (χ2n) is 9.06. The molecule has 0 fully saturated rings. The molecule has 3 aromatic carbocycles. The van der Waals surface area contributed by atoms with Crippen molar-refractivity contribution in [3.8, 4) is 5.69 Å².